The number of amides is 2. The van der Waals surface area contributed by atoms with Gasteiger partial charge in [-0.1, -0.05) is 68.9 Å². The van der Waals surface area contributed by atoms with Gasteiger partial charge in [0.15, 0.2) is 0 Å². The number of hydrogen-bond acceptors (Lipinski definition) is 5. The van der Waals surface area contributed by atoms with Crippen LogP contribution in [-0.2, 0) is 23.1 Å². The minimum absolute atomic E-state index is 0.0336. The maximum atomic E-state index is 14.5. The van der Waals surface area contributed by atoms with Crippen molar-refractivity contribution in [2.24, 2.45) is 18.9 Å². The van der Waals surface area contributed by atoms with Gasteiger partial charge in [-0.2, -0.15) is 0 Å². The van der Waals surface area contributed by atoms with Gasteiger partial charge in [0.25, 0.3) is 0 Å². The van der Waals surface area contributed by atoms with E-state index in [4.69, 9.17) is 4.74 Å². The summed E-state index contributed by atoms with van der Waals surface area (Å²) in [5, 5.41) is 1.22. The Hall–Kier alpha value is -3.32. The first-order chi connectivity index (χ1) is 21.5. The first-order valence-electron chi connectivity index (χ1n) is 17.0. The van der Waals surface area contributed by atoms with Gasteiger partial charge >= 0.3 is 0 Å². The minimum Gasteiger partial charge on any atom is -0.495 e. The van der Waals surface area contributed by atoms with E-state index in [0.29, 0.717) is 13.0 Å². The van der Waals surface area contributed by atoms with Crippen molar-refractivity contribution in [3.8, 4) is 5.75 Å². The molecule has 2 amide bonds. The van der Waals surface area contributed by atoms with E-state index in [9.17, 15) is 9.59 Å². The molecule has 0 N–H and O–H groups in total. The lowest BCUT2D eigenvalue weighted by Crippen LogP contribution is -2.57. The number of ether oxygens (including phenoxy) is 1. The average Bonchev–Trinajstić information content (AvgIpc) is 3.40. The Balaban J connectivity index is 1.29. The van der Waals surface area contributed by atoms with Crippen LogP contribution >= 0.6 is 0 Å². The zero-order valence-electron chi connectivity index (χ0n) is 26.8. The summed E-state index contributed by atoms with van der Waals surface area (Å²) in [7, 11) is 3.82. The van der Waals surface area contributed by atoms with Crippen molar-refractivity contribution < 1.29 is 14.3 Å². The number of anilines is 1. The Labute approximate surface area is 263 Å². The molecule has 3 fully saturated rings. The number of aryl methyl sites for hydroxylation is 1. The molecule has 6 rings (SSSR count). The Bertz CT molecular complexity index is 1380. The molecule has 2 aliphatic carbocycles. The zero-order chi connectivity index (χ0) is 30.5. The maximum absolute atomic E-state index is 14.5. The second-order valence-corrected chi connectivity index (χ2v) is 13.3. The summed E-state index contributed by atoms with van der Waals surface area (Å²) in [6.45, 7) is 4.24. The predicted octanol–water partition coefficient (Wildman–Crippen LogP) is 6.44. The molecule has 1 aromatic heterocycles. The van der Waals surface area contributed by atoms with Crippen molar-refractivity contribution in [1.29, 1.82) is 0 Å². The van der Waals surface area contributed by atoms with Gasteiger partial charge in [-0.15, -0.1) is 0 Å². The maximum Gasteiger partial charge on any atom is 0.232 e. The molecule has 0 spiro atoms. The largest absolute Gasteiger partial charge is 0.495 e. The Kier molecular flexibility index (Phi) is 9.90. The first-order valence-corrected chi connectivity index (χ1v) is 17.0. The molecule has 1 atom stereocenters. The van der Waals surface area contributed by atoms with Gasteiger partial charge in [-0.05, 0) is 55.9 Å². The Morgan fingerprint density at radius 1 is 0.818 bits per heavy atom. The van der Waals surface area contributed by atoms with Gasteiger partial charge in [-0.3, -0.25) is 19.4 Å². The fourth-order valence-corrected chi connectivity index (χ4v) is 8.00. The number of nitrogens with zero attached hydrogens (tertiary/aromatic N) is 4. The van der Waals surface area contributed by atoms with Crippen LogP contribution < -0.4 is 9.64 Å². The van der Waals surface area contributed by atoms with Crippen LogP contribution in [0, 0.1) is 11.8 Å². The Morgan fingerprint density at radius 2 is 1.41 bits per heavy atom. The van der Waals surface area contributed by atoms with Gasteiger partial charge < -0.3 is 14.2 Å². The van der Waals surface area contributed by atoms with Gasteiger partial charge in [0, 0.05) is 68.7 Å². The van der Waals surface area contributed by atoms with Crippen molar-refractivity contribution in [3.63, 3.8) is 0 Å². The molecule has 1 saturated heterocycles. The summed E-state index contributed by atoms with van der Waals surface area (Å²) in [5.41, 5.74) is 3.54. The predicted molar refractivity (Wildman–Crippen MR) is 177 cm³/mol. The molecule has 7 heteroatoms. The second-order valence-electron chi connectivity index (χ2n) is 13.3. The van der Waals surface area contributed by atoms with Crippen LogP contribution in [0.2, 0.25) is 0 Å². The van der Waals surface area contributed by atoms with Crippen molar-refractivity contribution in [2.75, 3.05) is 44.7 Å². The van der Waals surface area contributed by atoms with Gasteiger partial charge in [0.1, 0.15) is 5.75 Å². The van der Waals surface area contributed by atoms with Crippen LogP contribution in [0.25, 0.3) is 10.9 Å². The number of hydrogen-bond donors (Lipinski definition) is 0. The number of rotatable bonds is 9. The average molecular weight is 599 g/mol. The van der Waals surface area contributed by atoms with E-state index in [1.165, 1.54) is 29.3 Å². The fourth-order valence-electron chi connectivity index (χ4n) is 8.00. The van der Waals surface area contributed by atoms with E-state index in [2.05, 4.69) is 64.0 Å². The number of benzene rings is 2. The minimum atomic E-state index is -0.192. The molecule has 1 aliphatic heterocycles. The van der Waals surface area contributed by atoms with E-state index in [1.807, 2.05) is 17.0 Å². The third kappa shape index (κ3) is 6.68. The highest BCUT2D eigenvalue weighted by Crippen LogP contribution is 2.33. The second kappa shape index (κ2) is 14.2. The molecule has 0 radical (unpaired) electrons. The summed E-state index contributed by atoms with van der Waals surface area (Å²) in [4.78, 5) is 35.7. The summed E-state index contributed by atoms with van der Waals surface area (Å²) < 4.78 is 7.84. The molecular weight excluding hydrogens is 548 g/mol. The molecule has 0 bridgehead atoms. The summed E-state index contributed by atoms with van der Waals surface area (Å²) in [6.07, 6.45) is 13.3. The molecule has 236 valence electrons. The van der Waals surface area contributed by atoms with E-state index in [-0.39, 0.29) is 29.7 Å². The lowest BCUT2D eigenvalue weighted by atomic mass is 9.85. The molecule has 7 nitrogen and oxygen atoms in total. The number of piperazine rings is 1. The molecule has 3 aliphatic rings. The number of fused-ring (bicyclic) bond motifs is 1. The number of imide groups is 1. The molecular formula is C37H50N4O3. The van der Waals surface area contributed by atoms with Gasteiger partial charge in [-0.25, -0.2) is 0 Å². The van der Waals surface area contributed by atoms with Crippen molar-refractivity contribution in [3.05, 3.63) is 60.3 Å². The SMILES string of the molecule is COc1ccccc1N1CCN(C[C@@H](Cc2cn(C)c3ccccc23)N(C(=O)C2CCCCC2)C(=O)C2CCCCC2)CC1. The number of para-hydroxylation sites is 3. The zero-order valence-corrected chi connectivity index (χ0v) is 26.8. The molecule has 2 aromatic carbocycles. The number of carbonyl (C=O) groups excluding carboxylic acids is 2. The first kappa shape index (κ1) is 30.7. The summed E-state index contributed by atoms with van der Waals surface area (Å²) >= 11 is 0. The standard InChI is InChI=1S/C37H50N4O3/c1-38-26-30(32-17-9-10-18-33(32)38)25-31(27-39-21-23-40(24-22-39)34-19-11-12-20-35(34)44-2)41(36(42)28-13-5-3-6-14-28)37(43)29-15-7-4-8-16-29/h9-12,17-20,26,28-29,31H,3-8,13-16,21-25,27H2,1-2H3/t31-/m1/s1. The van der Waals surface area contributed by atoms with Crippen LogP contribution in [-0.4, -0.2) is 72.1 Å². The summed E-state index contributed by atoms with van der Waals surface area (Å²) in [6, 6.07) is 16.5. The van der Waals surface area contributed by atoms with Gasteiger partial charge in [0.2, 0.25) is 11.8 Å². The van der Waals surface area contributed by atoms with Crippen LogP contribution in [0.3, 0.4) is 0 Å². The van der Waals surface area contributed by atoms with Crippen molar-refractivity contribution in [2.45, 2.75) is 76.7 Å². The highest BCUT2D eigenvalue weighted by Gasteiger charge is 2.39. The summed E-state index contributed by atoms with van der Waals surface area (Å²) in [5.74, 6) is 1.02. The number of aromatic nitrogens is 1. The van der Waals surface area contributed by atoms with Crippen LogP contribution in [0.15, 0.2) is 54.7 Å². The number of methoxy groups -OCH3 is 1. The highest BCUT2D eigenvalue weighted by molar-refractivity contribution is 5.98. The topological polar surface area (TPSA) is 58.0 Å². The van der Waals surface area contributed by atoms with E-state index in [0.717, 1.165) is 89.0 Å². The molecule has 0 unspecified atom stereocenters. The normalized spacial score (nSPS) is 19.6. The monoisotopic (exact) mass is 598 g/mol. The molecule has 2 heterocycles. The van der Waals surface area contributed by atoms with E-state index >= 15 is 0 Å². The van der Waals surface area contributed by atoms with Crippen LogP contribution in [0.4, 0.5) is 5.69 Å². The van der Waals surface area contributed by atoms with Crippen molar-refractivity contribution >= 4 is 28.4 Å². The van der Waals surface area contributed by atoms with Gasteiger partial charge in [0.05, 0.1) is 18.8 Å². The van der Waals surface area contributed by atoms with Crippen LogP contribution in [0.5, 0.6) is 5.75 Å². The lowest BCUT2D eigenvalue weighted by molar-refractivity contribution is -0.154. The smallest absolute Gasteiger partial charge is 0.232 e. The van der Waals surface area contributed by atoms with Crippen LogP contribution in [0.1, 0.15) is 69.8 Å². The van der Waals surface area contributed by atoms with E-state index < -0.39 is 0 Å². The molecule has 3 aromatic rings. The number of carbonyl (C=O) groups is 2. The van der Waals surface area contributed by atoms with E-state index in [1.54, 1.807) is 7.11 Å². The molecule has 2 saturated carbocycles. The highest BCUT2D eigenvalue weighted by atomic mass is 16.5. The quantitative estimate of drug-likeness (QED) is 0.266. The fraction of sp³-hybridized carbons (Fsp3) is 0.568. The Morgan fingerprint density at radius 3 is 2.05 bits per heavy atom. The van der Waals surface area contributed by atoms with Crippen molar-refractivity contribution in [1.82, 2.24) is 14.4 Å². The molecule has 44 heavy (non-hydrogen) atoms. The third-order valence-electron chi connectivity index (χ3n) is 10.5. The third-order valence-corrected chi connectivity index (χ3v) is 10.5. The lowest BCUT2D eigenvalue weighted by Gasteiger charge is -2.42.